The summed E-state index contributed by atoms with van der Waals surface area (Å²) in [6, 6.07) is 0. The van der Waals surface area contributed by atoms with Crippen LogP contribution < -0.4 is 5.73 Å². The van der Waals surface area contributed by atoms with Crippen LogP contribution in [0.15, 0.2) is 0 Å². The fourth-order valence-corrected chi connectivity index (χ4v) is 1.36. The van der Waals surface area contributed by atoms with Crippen LogP contribution in [0.2, 0.25) is 0 Å². The van der Waals surface area contributed by atoms with Crippen molar-refractivity contribution in [2.45, 2.75) is 37.9 Å². The van der Waals surface area contributed by atoms with Crippen LogP contribution in [-0.2, 0) is 4.74 Å². The summed E-state index contributed by atoms with van der Waals surface area (Å²) in [7, 11) is 0. The molecular weight excluding hydrogens is 146 g/mol. The maximum Gasteiger partial charge on any atom is 0.404 e. The predicted octanol–water partition coefficient (Wildman–Crippen LogP) is 0.385. The summed E-state index contributed by atoms with van der Waals surface area (Å²) in [6.07, 6.45) is 1.74. The van der Waals surface area contributed by atoms with Crippen LogP contribution in [0.4, 0.5) is 4.79 Å². The Kier molecular flexibility index (Phi) is 2.70. The molecule has 0 bridgehead atoms. The highest BCUT2D eigenvalue weighted by Crippen LogP contribution is 2.20. The SMILES string of the molecule is NC(=O)OC1CCCCC1O. The Bertz CT molecular complexity index is 149. The van der Waals surface area contributed by atoms with Crippen molar-refractivity contribution in [3.63, 3.8) is 0 Å². The fraction of sp³-hybridized carbons (Fsp3) is 0.857. The van der Waals surface area contributed by atoms with Crippen LogP contribution in [0.3, 0.4) is 0 Å². The molecule has 2 atom stereocenters. The monoisotopic (exact) mass is 159 g/mol. The standard InChI is InChI=1S/C7H13NO3/c8-7(10)11-6-4-2-1-3-5(6)9/h5-6,9H,1-4H2,(H2,8,10). The molecule has 0 aromatic carbocycles. The maximum absolute atomic E-state index is 10.3. The number of carbonyl (C=O) groups excluding carboxylic acids is 1. The molecule has 4 nitrogen and oxygen atoms in total. The van der Waals surface area contributed by atoms with Crippen molar-refractivity contribution in [2.75, 3.05) is 0 Å². The topological polar surface area (TPSA) is 72.6 Å². The van der Waals surface area contributed by atoms with Crippen molar-refractivity contribution in [1.29, 1.82) is 0 Å². The lowest BCUT2D eigenvalue weighted by Gasteiger charge is -2.26. The molecule has 0 aromatic heterocycles. The normalized spacial score (nSPS) is 31.4. The van der Waals surface area contributed by atoms with Gasteiger partial charge in [0.15, 0.2) is 0 Å². The highest BCUT2D eigenvalue weighted by Gasteiger charge is 2.25. The van der Waals surface area contributed by atoms with Crippen LogP contribution in [-0.4, -0.2) is 23.4 Å². The minimum absolute atomic E-state index is 0.374. The summed E-state index contributed by atoms with van der Waals surface area (Å²) in [5.74, 6) is 0. The summed E-state index contributed by atoms with van der Waals surface area (Å²) in [4.78, 5) is 10.3. The van der Waals surface area contributed by atoms with Crippen molar-refractivity contribution in [3.05, 3.63) is 0 Å². The fourth-order valence-electron chi connectivity index (χ4n) is 1.36. The second-order valence-corrected chi connectivity index (χ2v) is 2.83. The summed E-state index contributed by atoms with van der Waals surface area (Å²) >= 11 is 0. The quantitative estimate of drug-likeness (QED) is 0.581. The number of rotatable bonds is 1. The van der Waals surface area contributed by atoms with Crippen LogP contribution >= 0.6 is 0 Å². The molecule has 1 aliphatic rings. The third-order valence-electron chi connectivity index (χ3n) is 1.94. The minimum atomic E-state index is -0.795. The molecule has 0 spiro atoms. The van der Waals surface area contributed by atoms with Crippen molar-refractivity contribution in [2.24, 2.45) is 5.73 Å². The zero-order valence-electron chi connectivity index (χ0n) is 6.32. The number of ether oxygens (including phenoxy) is 1. The van der Waals surface area contributed by atoms with E-state index < -0.39 is 12.2 Å². The van der Waals surface area contributed by atoms with Gasteiger partial charge in [-0.1, -0.05) is 6.42 Å². The van der Waals surface area contributed by atoms with Gasteiger partial charge in [-0.25, -0.2) is 4.79 Å². The summed E-state index contributed by atoms with van der Waals surface area (Å²) in [6.45, 7) is 0. The lowest BCUT2D eigenvalue weighted by atomic mass is 9.95. The molecule has 0 radical (unpaired) electrons. The second kappa shape index (κ2) is 3.57. The third-order valence-corrected chi connectivity index (χ3v) is 1.94. The summed E-state index contributed by atoms with van der Waals surface area (Å²) in [5.41, 5.74) is 4.81. The molecule has 4 heteroatoms. The van der Waals surface area contributed by atoms with Gasteiger partial charge >= 0.3 is 6.09 Å². The third kappa shape index (κ3) is 2.38. The van der Waals surface area contributed by atoms with Crippen LogP contribution in [0.25, 0.3) is 0 Å². The minimum Gasteiger partial charge on any atom is -0.444 e. The van der Waals surface area contributed by atoms with Crippen LogP contribution in [0.1, 0.15) is 25.7 Å². The number of amides is 1. The molecular formula is C7H13NO3. The van der Waals surface area contributed by atoms with E-state index in [1.165, 1.54) is 0 Å². The smallest absolute Gasteiger partial charge is 0.404 e. The van der Waals surface area contributed by atoms with Gasteiger partial charge in [0.25, 0.3) is 0 Å². The number of primary amides is 1. The van der Waals surface area contributed by atoms with Crippen LogP contribution in [0, 0.1) is 0 Å². The first kappa shape index (κ1) is 8.33. The van der Waals surface area contributed by atoms with Gasteiger partial charge in [0.2, 0.25) is 0 Å². The van der Waals surface area contributed by atoms with Crippen molar-refractivity contribution >= 4 is 6.09 Å². The van der Waals surface area contributed by atoms with Gasteiger partial charge in [-0.2, -0.15) is 0 Å². The average Bonchev–Trinajstić information content (AvgIpc) is 1.93. The zero-order valence-corrected chi connectivity index (χ0v) is 6.32. The number of hydrogen-bond acceptors (Lipinski definition) is 3. The van der Waals surface area contributed by atoms with Gasteiger partial charge < -0.3 is 15.6 Å². The molecule has 1 fully saturated rings. The highest BCUT2D eigenvalue weighted by molar-refractivity contribution is 5.64. The Morgan fingerprint density at radius 1 is 1.45 bits per heavy atom. The second-order valence-electron chi connectivity index (χ2n) is 2.83. The molecule has 11 heavy (non-hydrogen) atoms. The van der Waals surface area contributed by atoms with E-state index >= 15 is 0 Å². The van der Waals surface area contributed by atoms with Gasteiger partial charge in [-0.3, -0.25) is 0 Å². The largest absolute Gasteiger partial charge is 0.444 e. The average molecular weight is 159 g/mol. The number of carbonyl (C=O) groups is 1. The van der Waals surface area contributed by atoms with E-state index in [-0.39, 0.29) is 6.10 Å². The molecule has 3 N–H and O–H groups in total. The van der Waals surface area contributed by atoms with Gasteiger partial charge in [0.1, 0.15) is 6.10 Å². The Morgan fingerprint density at radius 2 is 2.09 bits per heavy atom. The molecule has 2 unspecified atom stereocenters. The van der Waals surface area contributed by atoms with E-state index in [0.29, 0.717) is 6.42 Å². The van der Waals surface area contributed by atoms with Crippen molar-refractivity contribution < 1.29 is 14.6 Å². The molecule has 0 aliphatic heterocycles. The number of nitrogens with two attached hydrogens (primary N) is 1. The van der Waals surface area contributed by atoms with Gasteiger partial charge in [-0.05, 0) is 19.3 Å². The highest BCUT2D eigenvalue weighted by atomic mass is 16.6. The lowest BCUT2D eigenvalue weighted by Crippen LogP contribution is -2.35. The molecule has 1 amide bonds. The van der Waals surface area contributed by atoms with Gasteiger partial charge in [-0.15, -0.1) is 0 Å². The van der Waals surface area contributed by atoms with Crippen molar-refractivity contribution in [3.8, 4) is 0 Å². The predicted molar refractivity (Wildman–Crippen MR) is 38.9 cm³/mol. The zero-order chi connectivity index (χ0) is 8.27. The molecule has 0 saturated heterocycles. The first-order valence-electron chi connectivity index (χ1n) is 3.84. The van der Waals surface area contributed by atoms with Gasteiger partial charge in [0, 0.05) is 0 Å². The summed E-state index contributed by atoms with van der Waals surface area (Å²) in [5, 5.41) is 9.29. The Labute approximate surface area is 65.3 Å². The molecule has 1 aliphatic carbocycles. The maximum atomic E-state index is 10.3. The Morgan fingerprint density at radius 3 is 2.64 bits per heavy atom. The first-order chi connectivity index (χ1) is 5.20. The molecule has 0 heterocycles. The summed E-state index contributed by atoms with van der Waals surface area (Å²) < 4.78 is 4.69. The van der Waals surface area contributed by atoms with Crippen LogP contribution in [0.5, 0.6) is 0 Å². The van der Waals surface area contributed by atoms with E-state index in [0.717, 1.165) is 19.3 Å². The Hall–Kier alpha value is -0.770. The number of aliphatic hydroxyl groups excluding tert-OH is 1. The molecule has 0 aromatic rings. The van der Waals surface area contributed by atoms with E-state index in [9.17, 15) is 9.90 Å². The molecule has 64 valence electrons. The van der Waals surface area contributed by atoms with Crippen molar-refractivity contribution in [1.82, 2.24) is 0 Å². The van der Waals surface area contributed by atoms with E-state index in [1.807, 2.05) is 0 Å². The Balaban J connectivity index is 2.35. The van der Waals surface area contributed by atoms with E-state index in [1.54, 1.807) is 0 Å². The molecule has 1 saturated carbocycles. The van der Waals surface area contributed by atoms with E-state index in [2.05, 4.69) is 0 Å². The molecule has 1 rings (SSSR count). The number of hydrogen-bond donors (Lipinski definition) is 2. The van der Waals surface area contributed by atoms with E-state index in [4.69, 9.17) is 10.5 Å². The first-order valence-corrected chi connectivity index (χ1v) is 3.84. The number of aliphatic hydroxyl groups is 1. The lowest BCUT2D eigenvalue weighted by molar-refractivity contribution is -0.0181. The van der Waals surface area contributed by atoms with Gasteiger partial charge in [0.05, 0.1) is 6.10 Å².